The number of carbonyl (C=O) groups excluding carboxylic acids is 1. The zero-order chi connectivity index (χ0) is 6.41. The molecule has 0 spiro atoms. The van der Waals surface area contributed by atoms with Gasteiger partial charge in [0.15, 0.2) is 0 Å². The number of carboxylic acids is 1. The molecule has 3 heteroatoms. The van der Waals surface area contributed by atoms with E-state index in [1.54, 1.807) is 0 Å². The Balaban J connectivity index is 0. The minimum absolute atomic E-state index is 0. The molecular weight excluding hydrogens is 311 g/mol. The summed E-state index contributed by atoms with van der Waals surface area (Å²) in [6.45, 7) is 2.04. The summed E-state index contributed by atoms with van der Waals surface area (Å²) in [6.07, 6.45) is 3.04. The van der Waals surface area contributed by atoms with E-state index in [0.717, 1.165) is 19.3 Å². The Bertz CT molecular complexity index is 73.5. The van der Waals surface area contributed by atoms with Gasteiger partial charge in [0.05, 0.1) is 0 Å². The van der Waals surface area contributed by atoms with Crippen LogP contribution in [-0.4, -0.2) is 33.3 Å². The fraction of sp³-hybridized carbons (Fsp3) is 0.833. The molecule has 0 fully saturated rings. The maximum Gasteiger partial charge on any atom is 2.00 e. The van der Waals surface area contributed by atoms with Crippen LogP contribution in [0.2, 0.25) is 0 Å². The standard InChI is InChI=1S/C6H12O2.Pb/c1-2-3-4-5-6(7)8;/h2-5H2,1H3,(H,7,8);/q;+2/p-1. The van der Waals surface area contributed by atoms with E-state index >= 15 is 0 Å². The Hall–Kier alpha value is 0.392. The molecule has 2 radical (unpaired) electrons. The summed E-state index contributed by atoms with van der Waals surface area (Å²) in [6, 6.07) is 0. The topological polar surface area (TPSA) is 40.1 Å². The first-order valence-corrected chi connectivity index (χ1v) is 2.97. The number of hydrogen-bond acceptors (Lipinski definition) is 2. The van der Waals surface area contributed by atoms with Gasteiger partial charge in [0.2, 0.25) is 0 Å². The van der Waals surface area contributed by atoms with E-state index in [0.29, 0.717) is 0 Å². The van der Waals surface area contributed by atoms with Gasteiger partial charge in [0, 0.05) is 5.97 Å². The first kappa shape index (κ1) is 12.1. The van der Waals surface area contributed by atoms with Gasteiger partial charge in [-0.15, -0.1) is 0 Å². The number of carbonyl (C=O) groups is 1. The van der Waals surface area contributed by atoms with Crippen molar-refractivity contribution in [2.24, 2.45) is 0 Å². The molecule has 2 nitrogen and oxygen atoms in total. The van der Waals surface area contributed by atoms with E-state index in [2.05, 4.69) is 0 Å². The monoisotopic (exact) mass is 323 g/mol. The SMILES string of the molecule is CCCCCC(=O)[O-].[Pb+2]. The van der Waals surface area contributed by atoms with Gasteiger partial charge in [-0.3, -0.25) is 0 Å². The van der Waals surface area contributed by atoms with Crippen molar-refractivity contribution in [3.05, 3.63) is 0 Å². The summed E-state index contributed by atoms with van der Waals surface area (Å²) >= 11 is 0. The summed E-state index contributed by atoms with van der Waals surface area (Å²) in [4.78, 5) is 9.76. The number of carboxylic acid groups (broad SMARTS) is 1. The molecule has 0 aliphatic heterocycles. The number of unbranched alkanes of at least 4 members (excludes halogenated alkanes) is 2. The predicted octanol–water partition coefficient (Wildman–Crippen LogP) is -0.0642. The maximum atomic E-state index is 9.76. The van der Waals surface area contributed by atoms with Crippen LogP contribution in [-0.2, 0) is 4.79 Å². The first-order valence-electron chi connectivity index (χ1n) is 2.97. The molecule has 9 heavy (non-hydrogen) atoms. The second-order valence-electron chi connectivity index (χ2n) is 1.83. The third-order valence-electron chi connectivity index (χ3n) is 0.984. The predicted molar refractivity (Wildman–Crippen MR) is 34.9 cm³/mol. The molecule has 0 rings (SSSR count). The summed E-state index contributed by atoms with van der Waals surface area (Å²) in [5, 5.41) is 9.76. The average Bonchev–Trinajstić information content (AvgIpc) is 1.66. The molecule has 0 aromatic rings. The van der Waals surface area contributed by atoms with Gasteiger partial charge in [-0.2, -0.15) is 0 Å². The van der Waals surface area contributed by atoms with Crippen molar-refractivity contribution >= 4 is 33.3 Å². The van der Waals surface area contributed by atoms with Crippen LogP contribution < -0.4 is 5.11 Å². The molecule has 0 aliphatic rings. The zero-order valence-electron chi connectivity index (χ0n) is 5.64. The van der Waals surface area contributed by atoms with Gasteiger partial charge in [-0.1, -0.05) is 19.8 Å². The van der Waals surface area contributed by atoms with Gasteiger partial charge in [-0.05, 0) is 12.8 Å². The van der Waals surface area contributed by atoms with Crippen LogP contribution in [0, 0.1) is 0 Å². The van der Waals surface area contributed by atoms with Crippen molar-refractivity contribution in [3.8, 4) is 0 Å². The van der Waals surface area contributed by atoms with E-state index in [1.165, 1.54) is 0 Å². The molecule has 50 valence electrons. The minimum atomic E-state index is -0.932. The van der Waals surface area contributed by atoms with E-state index in [9.17, 15) is 9.90 Å². The van der Waals surface area contributed by atoms with E-state index in [4.69, 9.17) is 0 Å². The maximum absolute atomic E-state index is 9.76. The van der Waals surface area contributed by atoms with Crippen LogP contribution in [0.5, 0.6) is 0 Å². The van der Waals surface area contributed by atoms with Gasteiger partial charge < -0.3 is 9.90 Å². The van der Waals surface area contributed by atoms with Gasteiger partial charge >= 0.3 is 27.3 Å². The molecule has 0 saturated heterocycles. The van der Waals surface area contributed by atoms with E-state index in [1.807, 2.05) is 6.92 Å². The van der Waals surface area contributed by atoms with Gasteiger partial charge in [-0.25, -0.2) is 0 Å². The fourth-order valence-corrected chi connectivity index (χ4v) is 0.519. The Morgan fingerprint density at radius 3 is 2.33 bits per heavy atom. The first-order chi connectivity index (χ1) is 3.77. The molecule has 0 aliphatic carbocycles. The fourth-order valence-electron chi connectivity index (χ4n) is 0.519. The molecule has 0 heterocycles. The van der Waals surface area contributed by atoms with Crippen molar-refractivity contribution in [1.29, 1.82) is 0 Å². The Labute approximate surface area is 75.8 Å². The Morgan fingerprint density at radius 1 is 1.44 bits per heavy atom. The number of rotatable bonds is 4. The zero-order valence-corrected chi connectivity index (χ0v) is 9.53. The van der Waals surface area contributed by atoms with Crippen molar-refractivity contribution in [3.63, 3.8) is 0 Å². The molecule has 0 N–H and O–H groups in total. The molecule has 0 aromatic carbocycles. The van der Waals surface area contributed by atoms with Crippen LogP contribution in [0.25, 0.3) is 0 Å². The summed E-state index contributed by atoms with van der Waals surface area (Å²) in [7, 11) is 0. The van der Waals surface area contributed by atoms with Crippen LogP contribution in [0.3, 0.4) is 0 Å². The van der Waals surface area contributed by atoms with Gasteiger partial charge in [0.25, 0.3) is 0 Å². The minimum Gasteiger partial charge on any atom is -0.550 e. The second kappa shape index (κ2) is 8.39. The average molecular weight is 322 g/mol. The van der Waals surface area contributed by atoms with Crippen LogP contribution in [0.15, 0.2) is 0 Å². The van der Waals surface area contributed by atoms with Crippen LogP contribution in [0.1, 0.15) is 32.6 Å². The molecule has 0 aromatic heterocycles. The summed E-state index contributed by atoms with van der Waals surface area (Å²) in [5.74, 6) is -0.932. The molecular formula is C6H11O2Pb+. The second-order valence-corrected chi connectivity index (χ2v) is 1.83. The molecule has 0 saturated carbocycles. The molecule has 0 bridgehead atoms. The summed E-state index contributed by atoms with van der Waals surface area (Å²) in [5.41, 5.74) is 0. The van der Waals surface area contributed by atoms with Crippen molar-refractivity contribution in [2.75, 3.05) is 0 Å². The Kier molecular flexibility index (Phi) is 11.3. The van der Waals surface area contributed by atoms with Crippen molar-refractivity contribution < 1.29 is 9.90 Å². The van der Waals surface area contributed by atoms with Crippen molar-refractivity contribution in [1.82, 2.24) is 0 Å². The normalized spacial score (nSPS) is 8.11. The van der Waals surface area contributed by atoms with E-state index < -0.39 is 5.97 Å². The smallest absolute Gasteiger partial charge is 0.550 e. The number of hydrogen-bond donors (Lipinski definition) is 0. The van der Waals surface area contributed by atoms with Crippen molar-refractivity contribution in [2.45, 2.75) is 32.6 Å². The van der Waals surface area contributed by atoms with E-state index in [-0.39, 0.29) is 33.7 Å². The molecule has 0 atom stereocenters. The third kappa shape index (κ3) is 11.8. The molecule has 0 amide bonds. The van der Waals surface area contributed by atoms with Crippen LogP contribution in [0.4, 0.5) is 0 Å². The Morgan fingerprint density at radius 2 is 2.00 bits per heavy atom. The largest absolute Gasteiger partial charge is 2.00 e. The number of aliphatic carboxylic acids is 1. The van der Waals surface area contributed by atoms with Gasteiger partial charge in [0.1, 0.15) is 0 Å². The third-order valence-corrected chi connectivity index (χ3v) is 0.984. The quantitative estimate of drug-likeness (QED) is 0.537. The van der Waals surface area contributed by atoms with Crippen LogP contribution >= 0.6 is 0 Å². The summed E-state index contributed by atoms with van der Waals surface area (Å²) < 4.78 is 0. The molecule has 0 unspecified atom stereocenters.